The smallest absolute Gasteiger partial charge is 0.339 e. The largest absolute Gasteiger partial charge is 0.467 e. The van der Waals surface area contributed by atoms with E-state index in [9.17, 15) is 19.2 Å². The highest BCUT2D eigenvalue weighted by atomic mass is 16.8. The van der Waals surface area contributed by atoms with E-state index in [1.165, 1.54) is 31.4 Å². The van der Waals surface area contributed by atoms with Gasteiger partial charge in [0.2, 0.25) is 0 Å². The lowest BCUT2D eigenvalue weighted by atomic mass is 9.96. The molecule has 0 unspecified atom stereocenters. The minimum Gasteiger partial charge on any atom is -0.467 e. The van der Waals surface area contributed by atoms with Gasteiger partial charge in [-0.05, 0) is 41.0 Å². The summed E-state index contributed by atoms with van der Waals surface area (Å²) in [4.78, 5) is 53.9. The molecule has 0 aromatic heterocycles. The fourth-order valence-electron chi connectivity index (χ4n) is 7.62. The van der Waals surface area contributed by atoms with Crippen LogP contribution in [0.4, 0.5) is 0 Å². The highest BCUT2D eigenvalue weighted by molar-refractivity contribution is 5.90. The first-order valence-corrected chi connectivity index (χ1v) is 21.4. The van der Waals surface area contributed by atoms with Crippen molar-refractivity contribution in [1.29, 1.82) is 0 Å². The van der Waals surface area contributed by atoms with Crippen LogP contribution < -0.4 is 0 Å². The Hall–Kier alpha value is -6.30. The number of carbonyl (C=O) groups excluding carboxylic acids is 4. The fourth-order valence-corrected chi connectivity index (χ4v) is 7.62. The Bertz CT molecular complexity index is 2280. The lowest BCUT2D eigenvalue weighted by Crippen LogP contribution is -2.65. The van der Waals surface area contributed by atoms with Gasteiger partial charge in [0.15, 0.2) is 37.0 Å². The van der Waals surface area contributed by atoms with Crippen molar-refractivity contribution < 1.29 is 71.3 Å². The van der Waals surface area contributed by atoms with Crippen molar-refractivity contribution in [3.8, 4) is 0 Å². The van der Waals surface area contributed by atoms with E-state index in [-0.39, 0.29) is 37.6 Å². The second-order valence-corrected chi connectivity index (χ2v) is 15.4. The first kappa shape index (κ1) is 47.7. The number of hydrogen-bond donors (Lipinski definition) is 0. The van der Waals surface area contributed by atoms with Crippen molar-refractivity contribution in [3.05, 3.63) is 179 Å². The van der Waals surface area contributed by atoms with Gasteiger partial charge in [-0.25, -0.2) is 14.4 Å². The zero-order valence-corrected chi connectivity index (χ0v) is 36.7. The van der Waals surface area contributed by atoms with Gasteiger partial charge < -0.3 is 52.1 Å². The average molecular weight is 905 g/mol. The van der Waals surface area contributed by atoms with E-state index in [1.807, 2.05) is 91.0 Å². The van der Waals surface area contributed by atoms with Crippen LogP contribution in [0.5, 0.6) is 0 Å². The van der Waals surface area contributed by atoms with Crippen molar-refractivity contribution >= 4 is 23.9 Å². The molecular weight excluding hydrogens is 853 g/mol. The monoisotopic (exact) mass is 904 g/mol. The molecule has 0 spiro atoms. The molecule has 5 aromatic carbocycles. The topological polar surface area (TPSA) is 170 Å². The number of methoxy groups -OCH3 is 2. The van der Waals surface area contributed by atoms with E-state index in [2.05, 4.69) is 0 Å². The summed E-state index contributed by atoms with van der Waals surface area (Å²) in [6.45, 7) is 1.22. The Morgan fingerprint density at radius 3 is 1.35 bits per heavy atom. The number of ether oxygens (including phenoxy) is 11. The van der Waals surface area contributed by atoms with Gasteiger partial charge in [0.1, 0.15) is 24.4 Å². The van der Waals surface area contributed by atoms with Crippen LogP contribution >= 0.6 is 0 Å². The molecule has 2 fully saturated rings. The van der Waals surface area contributed by atoms with Crippen molar-refractivity contribution in [1.82, 2.24) is 0 Å². The molecule has 66 heavy (non-hydrogen) atoms. The quantitative estimate of drug-likeness (QED) is 0.0658. The summed E-state index contributed by atoms with van der Waals surface area (Å²) in [6.07, 6.45) is -13.1. The zero-order valence-electron chi connectivity index (χ0n) is 36.7. The summed E-state index contributed by atoms with van der Waals surface area (Å²) in [7, 11) is 2.59. The van der Waals surface area contributed by atoms with Crippen LogP contribution in [0.3, 0.4) is 0 Å². The van der Waals surface area contributed by atoms with Crippen LogP contribution in [-0.2, 0) is 81.5 Å². The molecule has 2 aliphatic rings. The molecule has 346 valence electrons. The Labute approximate surface area is 382 Å². The molecule has 0 saturated carbocycles. The van der Waals surface area contributed by atoms with Gasteiger partial charge in [-0.3, -0.25) is 4.79 Å². The van der Waals surface area contributed by atoms with E-state index in [0.717, 1.165) is 30.7 Å². The minimum absolute atomic E-state index is 0.121. The highest BCUT2D eigenvalue weighted by Gasteiger charge is 2.57. The molecular formula is C51H52O15. The number of rotatable bonds is 19. The predicted octanol–water partition coefficient (Wildman–Crippen LogP) is 6.41. The number of benzene rings is 5. The Morgan fingerprint density at radius 2 is 0.894 bits per heavy atom. The van der Waals surface area contributed by atoms with Crippen LogP contribution in [-0.4, -0.2) is 106 Å². The minimum atomic E-state index is -1.73. The van der Waals surface area contributed by atoms with Gasteiger partial charge in [-0.15, -0.1) is 0 Å². The van der Waals surface area contributed by atoms with E-state index < -0.39 is 85.3 Å². The van der Waals surface area contributed by atoms with Crippen molar-refractivity contribution in [3.63, 3.8) is 0 Å². The van der Waals surface area contributed by atoms with Crippen LogP contribution in [0, 0.1) is 0 Å². The third-order valence-electron chi connectivity index (χ3n) is 10.8. The SMILES string of the molecule is COC(=O)[C@H]1O[C@@H](OC[C@H]2O[C@H](OC)[C@H](OCc3ccccc3)[C@@H](OCc3ccccc3)[C@@H]2OCc2ccccc2)[C@H](OC(=O)c2ccccc2)[C@@H](OC(=O)c2ccccc2)[C@@H]1OC(C)=O. The summed E-state index contributed by atoms with van der Waals surface area (Å²) in [5.74, 6) is -3.58. The maximum Gasteiger partial charge on any atom is 0.339 e. The summed E-state index contributed by atoms with van der Waals surface area (Å²) in [5, 5.41) is 0. The van der Waals surface area contributed by atoms with Crippen molar-refractivity contribution in [2.24, 2.45) is 0 Å². The number of carbonyl (C=O) groups is 4. The van der Waals surface area contributed by atoms with Gasteiger partial charge in [0.05, 0.1) is 44.7 Å². The molecule has 15 nitrogen and oxygen atoms in total. The van der Waals surface area contributed by atoms with Crippen LogP contribution in [0.25, 0.3) is 0 Å². The number of esters is 4. The molecule has 15 heteroatoms. The third kappa shape index (κ3) is 12.5. The predicted molar refractivity (Wildman–Crippen MR) is 234 cm³/mol. The Balaban J connectivity index is 1.25. The highest BCUT2D eigenvalue weighted by Crippen LogP contribution is 2.35. The van der Waals surface area contributed by atoms with Crippen molar-refractivity contribution in [2.45, 2.75) is 88.2 Å². The third-order valence-corrected chi connectivity index (χ3v) is 10.8. The summed E-state index contributed by atoms with van der Waals surface area (Å²) >= 11 is 0. The maximum absolute atomic E-state index is 13.9. The summed E-state index contributed by atoms with van der Waals surface area (Å²) < 4.78 is 68.1. The molecule has 5 aromatic rings. The molecule has 0 N–H and O–H groups in total. The van der Waals surface area contributed by atoms with Gasteiger partial charge in [0, 0.05) is 14.0 Å². The van der Waals surface area contributed by atoms with Gasteiger partial charge in [-0.2, -0.15) is 0 Å². The fraction of sp³-hybridized carbons (Fsp3) is 0.333. The second kappa shape index (κ2) is 23.8. The Kier molecular flexibility index (Phi) is 17.2. The zero-order chi connectivity index (χ0) is 46.3. The molecule has 7 rings (SSSR count). The second-order valence-electron chi connectivity index (χ2n) is 15.4. The molecule has 0 amide bonds. The molecule has 10 atom stereocenters. The van der Waals surface area contributed by atoms with Crippen LogP contribution in [0.15, 0.2) is 152 Å². The first-order chi connectivity index (χ1) is 32.2. The van der Waals surface area contributed by atoms with Gasteiger partial charge in [-0.1, -0.05) is 127 Å². The molecule has 2 saturated heterocycles. The van der Waals surface area contributed by atoms with Crippen LogP contribution in [0.1, 0.15) is 44.3 Å². The van der Waals surface area contributed by atoms with E-state index in [1.54, 1.807) is 36.4 Å². The molecule has 0 bridgehead atoms. The summed E-state index contributed by atoms with van der Waals surface area (Å²) in [6, 6.07) is 44.8. The van der Waals surface area contributed by atoms with Gasteiger partial charge >= 0.3 is 23.9 Å². The summed E-state index contributed by atoms with van der Waals surface area (Å²) in [5.41, 5.74) is 2.91. The standard InChI is InChI=1S/C51H52O15/c1-33(52)62-42-43(64-47(53)37-25-15-7-16-26-37)46(65-48(54)38-27-17-8-18-28-38)51(66-44(42)49(55)56-2)61-32-39-40(58-29-34-19-9-4-10-20-34)41(59-30-35-21-11-5-12-22-35)45(50(57-3)63-39)60-31-36-23-13-6-14-24-36/h4-28,39-46,50-51H,29-32H2,1-3H3/t39-,40-,41+,42+,43+,44+,45-,46-,50+,51-/m1/s1. The first-order valence-electron chi connectivity index (χ1n) is 21.4. The number of hydrogen-bond acceptors (Lipinski definition) is 15. The molecule has 0 radical (unpaired) electrons. The lowest BCUT2D eigenvalue weighted by molar-refractivity contribution is -0.339. The lowest BCUT2D eigenvalue weighted by Gasteiger charge is -2.47. The molecule has 0 aliphatic carbocycles. The molecule has 2 aliphatic heterocycles. The maximum atomic E-state index is 13.9. The normalized spacial score (nSPS) is 25.0. The van der Waals surface area contributed by atoms with E-state index in [0.29, 0.717) is 0 Å². The Morgan fingerprint density at radius 1 is 0.455 bits per heavy atom. The van der Waals surface area contributed by atoms with E-state index in [4.69, 9.17) is 52.1 Å². The van der Waals surface area contributed by atoms with E-state index >= 15 is 0 Å². The average Bonchev–Trinajstić information content (AvgIpc) is 3.36. The van der Waals surface area contributed by atoms with Gasteiger partial charge in [0.25, 0.3) is 0 Å². The van der Waals surface area contributed by atoms with Crippen molar-refractivity contribution in [2.75, 3.05) is 20.8 Å². The molecule has 2 heterocycles. The van der Waals surface area contributed by atoms with Crippen LogP contribution in [0.2, 0.25) is 0 Å².